The molecule has 1 aromatic carbocycles. The van der Waals surface area contributed by atoms with Crippen LogP contribution in [0, 0.1) is 10.1 Å². The van der Waals surface area contributed by atoms with Crippen LogP contribution < -0.4 is 4.90 Å². The molecular formula is C14H16ClN5O4S. The third kappa shape index (κ3) is 3.20. The number of nitro groups is 1. The highest BCUT2D eigenvalue weighted by Crippen LogP contribution is 2.29. The molecule has 0 bridgehead atoms. The van der Waals surface area contributed by atoms with Gasteiger partial charge in [-0.3, -0.25) is 4.57 Å². The summed E-state index contributed by atoms with van der Waals surface area (Å²) < 4.78 is 28.4. The van der Waals surface area contributed by atoms with E-state index in [9.17, 15) is 18.5 Å². The minimum absolute atomic E-state index is 0.0663. The van der Waals surface area contributed by atoms with Crippen molar-refractivity contribution in [1.82, 2.24) is 13.9 Å². The van der Waals surface area contributed by atoms with Crippen LogP contribution >= 0.6 is 11.6 Å². The van der Waals surface area contributed by atoms with Gasteiger partial charge in [0.1, 0.15) is 4.90 Å². The topological polar surface area (TPSA) is 102 Å². The van der Waals surface area contributed by atoms with Crippen LogP contribution in [0.1, 0.15) is 0 Å². The number of piperazine rings is 1. The fourth-order valence-electron chi connectivity index (χ4n) is 2.84. The summed E-state index contributed by atoms with van der Waals surface area (Å²) in [4.78, 5) is 16.2. The molecule has 0 amide bonds. The summed E-state index contributed by atoms with van der Waals surface area (Å²) >= 11 is 6.01. The van der Waals surface area contributed by atoms with E-state index in [2.05, 4.69) is 4.98 Å². The first-order valence-electron chi connectivity index (χ1n) is 7.47. The predicted octanol–water partition coefficient (Wildman–Crippen LogP) is 1.49. The lowest BCUT2D eigenvalue weighted by Crippen LogP contribution is -2.49. The summed E-state index contributed by atoms with van der Waals surface area (Å²) in [6.45, 7) is 1.06. The van der Waals surface area contributed by atoms with E-state index in [1.165, 1.54) is 22.8 Å². The molecule has 25 heavy (non-hydrogen) atoms. The van der Waals surface area contributed by atoms with Crippen LogP contribution in [0.15, 0.2) is 35.5 Å². The van der Waals surface area contributed by atoms with Crippen LogP contribution in [0.5, 0.6) is 0 Å². The zero-order valence-electron chi connectivity index (χ0n) is 13.4. The Bertz CT molecular complexity index is 906. The molecule has 2 aromatic rings. The highest BCUT2D eigenvalue weighted by Gasteiger charge is 2.33. The van der Waals surface area contributed by atoms with Gasteiger partial charge in [-0.1, -0.05) is 23.7 Å². The lowest BCUT2D eigenvalue weighted by molar-refractivity contribution is -0.388. The summed E-state index contributed by atoms with van der Waals surface area (Å²) in [7, 11) is -2.03. The monoisotopic (exact) mass is 385 g/mol. The van der Waals surface area contributed by atoms with Crippen molar-refractivity contribution in [1.29, 1.82) is 0 Å². The van der Waals surface area contributed by atoms with Gasteiger partial charge in [0.05, 0.1) is 5.02 Å². The van der Waals surface area contributed by atoms with Crippen molar-refractivity contribution in [3.63, 3.8) is 0 Å². The SMILES string of the molecule is Cn1cnc([N+](=O)[O-])c1N1CCN(S(=O)(=O)c2ccccc2Cl)CC1. The maximum absolute atomic E-state index is 12.7. The second-order valence-electron chi connectivity index (χ2n) is 5.58. The van der Waals surface area contributed by atoms with Crippen LogP contribution in [-0.2, 0) is 17.1 Å². The molecule has 0 radical (unpaired) electrons. The summed E-state index contributed by atoms with van der Waals surface area (Å²) in [6.07, 6.45) is 1.38. The molecule has 0 aliphatic carbocycles. The minimum atomic E-state index is -3.70. The van der Waals surface area contributed by atoms with Crippen molar-refractivity contribution in [2.45, 2.75) is 4.90 Å². The van der Waals surface area contributed by atoms with E-state index in [0.717, 1.165) is 0 Å². The largest absolute Gasteiger partial charge is 0.406 e. The van der Waals surface area contributed by atoms with Gasteiger partial charge in [-0.15, -0.1) is 0 Å². The van der Waals surface area contributed by atoms with Crippen LogP contribution in [0.4, 0.5) is 11.6 Å². The van der Waals surface area contributed by atoms with Crippen molar-refractivity contribution >= 4 is 33.3 Å². The molecule has 0 unspecified atom stereocenters. The molecule has 0 spiro atoms. The fourth-order valence-corrected chi connectivity index (χ4v) is 4.75. The molecule has 11 heteroatoms. The Morgan fingerprint density at radius 2 is 1.84 bits per heavy atom. The van der Waals surface area contributed by atoms with Crippen molar-refractivity contribution in [3.05, 3.63) is 45.7 Å². The number of benzene rings is 1. The van der Waals surface area contributed by atoms with Crippen molar-refractivity contribution < 1.29 is 13.3 Å². The van der Waals surface area contributed by atoms with Crippen molar-refractivity contribution in [3.8, 4) is 0 Å². The zero-order valence-corrected chi connectivity index (χ0v) is 14.9. The van der Waals surface area contributed by atoms with Crippen LogP contribution in [0.2, 0.25) is 5.02 Å². The third-order valence-corrected chi connectivity index (χ3v) is 6.45. The quantitative estimate of drug-likeness (QED) is 0.583. The molecule has 1 aromatic heterocycles. The average molecular weight is 386 g/mol. The minimum Gasteiger partial charge on any atom is -0.358 e. The molecule has 0 atom stereocenters. The van der Waals surface area contributed by atoms with Gasteiger partial charge in [0.2, 0.25) is 22.2 Å². The number of sulfonamides is 1. The fraction of sp³-hybridized carbons (Fsp3) is 0.357. The summed E-state index contributed by atoms with van der Waals surface area (Å²) in [5, 5.41) is 11.3. The summed E-state index contributed by atoms with van der Waals surface area (Å²) in [6, 6.07) is 6.29. The number of nitrogens with zero attached hydrogens (tertiary/aromatic N) is 5. The number of rotatable bonds is 4. The Labute approximate surface area is 149 Å². The van der Waals surface area contributed by atoms with Gasteiger partial charge in [0, 0.05) is 33.2 Å². The highest BCUT2D eigenvalue weighted by atomic mass is 35.5. The van der Waals surface area contributed by atoms with Gasteiger partial charge < -0.3 is 15.0 Å². The maximum atomic E-state index is 12.7. The molecule has 1 aliphatic rings. The van der Waals surface area contributed by atoms with E-state index in [1.807, 2.05) is 0 Å². The number of hydrogen-bond acceptors (Lipinski definition) is 6. The maximum Gasteiger partial charge on any atom is 0.406 e. The van der Waals surface area contributed by atoms with Crippen molar-refractivity contribution in [2.75, 3.05) is 31.1 Å². The molecule has 0 saturated carbocycles. The van der Waals surface area contributed by atoms with Gasteiger partial charge in [-0.2, -0.15) is 4.31 Å². The number of aryl methyl sites for hydroxylation is 1. The van der Waals surface area contributed by atoms with E-state index in [4.69, 9.17) is 11.6 Å². The van der Waals surface area contributed by atoms with Crippen LogP contribution in [0.25, 0.3) is 0 Å². The van der Waals surface area contributed by atoms with E-state index < -0.39 is 14.9 Å². The Kier molecular flexibility index (Phi) is 4.67. The van der Waals surface area contributed by atoms with Gasteiger partial charge >= 0.3 is 5.82 Å². The third-order valence-electron chi connectivity index (χ3n) is 4.05. The molecular weight excluding hydrogens is 370 g/mol. The number of hydrogen-bond donors (Lipinski definition) is 0. The molecule has 1 saturated heterocycles. The first kappa shape index (κ1) is 17.6. The normalized spacial score (nSPS) is 16.2. The lowest BCUT2D eigenvalue weighted by atomic mass is 10.3. The van der Waals surface area contributed by atoms with Crippen molar-refractivity contribution in [2.24, 2.45) is 7.05 Å². The Hall–Kier alpha value is -2.17. The first-order chi connectivity index (χ1) is 11.8. The second-order valence-corrected chi connectivity index (χ2v) is 7.89. The zero-order chi connectivity index (χ0) is 18.2. The smallest absolute Gasteiger partial charge is 0.358 e. The van der Waals surface area contributed by atoms with Gasteiger partial charge in [0.25, 0.3) is 0 Å². The molecule has 2 heterocycles. The summed E-state index contributed by atoms with van der Waals surface area (Å²) in [5.41, 5.74) is 0. The average Bonchev–Trinajstić information content (AvgIpc) is 2.97. The summed E-state index contributed by atoms with van der Waals surface area (Å²) in [5.74, 6) is 0.143. The van der Waals surface area contributed by atoms with Crippen LogP contribution in [0.3, 0.4) is 0 Å². The standard InChI is InChI=1S/C14H16ClN5O4S/c1-17-10-16-13(20(21)22)14(17)18-6-8-19(9-7-18)25(23,24)12-5-3-2-4-11(12)15/h2-5,10H,6-9H2,1H3. The van der Waals surface area contributed by atoms with E-state index in [0.29, 0.717) is 18.9 Å². The predicted molar refractivity (Wildman–Crippen MR) is 92.3 cm³/mol. The number of halogens is 1. The van der Waals surface area contributed by atoms with Gasteiger partial charge in [0.15, 0.2) is 0 Å². The molecule has 9 nitrogen and oxygen atoms in total. The second kappa shape index (κ2) is 6.62. The Morgan fingerprint density at radius 3 is 2.44 bits per heavy atom. The van der Waals surface area contributed by atoms with Gasteiger partial charge in [-0.05, 0) is 22.0 Å². The number of aromatic nitrogens is 2. The lowest BCUT2D eigenvalue weighted by Gasteiger charge is -2.34. The first-order valence-corrected chi connectivity index (χ1v) is 9.29. The Balaban J connectivity index is 1.80. The van der Waals surface area contributed by atoms with Gasteiger partial charge in [-0.25, -0.2) is 8.42 Å². The molecule has 1 aliphatic heterocycles. The van der Waals surface area contributed by atoms with E-state index in [-0.39, 0.29) is 28.8 Å². The van der Waals surface area contributed by atoms with E-state index in [1.54, 1.807) is 28.6 Å². The highest BCUT2D eigenvalue weighted by molar-refractivity contribution is 7.89. The molecule has 1 fully saturated rings. The van der Waals surface area contributed by atoms with E-state index >= 15 is 0 Å². The molecule has 3 rings (SSSR count). The molecule has 0 N–H and O–H groups in total. The number of imidazole rings is 1. The Morgan fingerprint density at radius 1 is 1.20 bits per heavy atom. The van der Waals surface area contributed by atoms with Crippen LogP contribution in [-0.4, -0.2) is 53.4 Å². The molecule has 134 valence electrons. The number of anilines is 1.